The first-order chi connectivity index (χ1) is 11.2. The first-order valence-corrected chi connectivity index (χ1v) is 8.26. The largest absolute Gasteiger partial charge is 0.505 e. The van der Waals surface area contributed by atoms with E-state index in [1.807, 2.05) is 0 Å². The fourth-order valence-electron chi connectivity index (χ4n) is 1.95. The molecular formula is C14H15N2O7P. The van der Waals surface area contributed by atoms with Crippen molar-refractivity contribution < 1.29 is 33.9 Å². The number of aliphatic imine (C=N–C) groups is 1. The van der Waals surface area contributed by atoms with E-state index in [-0.39, 0.29) is 28.9 Å². The Kier molecular flexibility index (Phi) is 5.30. The van der Waals surface area contributed by atoms with Crippen LogP contribution in [-0.2, 0) is 20.5 Å². The molecule has 0 fully saturated rings. The summed E-state index contributed by atoms with van der Waals surface area (Å²) in [6.45, 7) is 1.08. The average molecular weight is 354 g/mol. The summed E-state index contributed by atoms with van der Waals surface area (Å²) in [5, 5.41) is 19.0. The van der Waals surface area contributed by atoms with Crippen molar-refractivity contribution >= 4 is 20.0 Å². The third kappa shape index (κ3) is 4.59. The van der Waals surface area contributed by atoms with Crippen LogP contribution in [0.15, 0.2) is 34.6 Å². The van der Waals surface area contributed by atoms with Gasteiger partial charge in [0.2, 0.25) is 0 Å². The molecule has 24 heavy (non-hydrogen) atoms. The van der Waals surface area contributed by atoms with E-state index < -0.39 is 20.4 Å². The van der Waals surface area contributed by atoms with Crippen LogP contribution >= 0.6 is 7.82 Å². The molecule has 1 heterocycles. The molecular weight excluding hydrogens is 339 g/mol. The Bertz CT molecular complexity index is 808. The molecule has 0 saturated heterocycles. The van der Waals surface area contributed by atoms with Crippen LogP contribution in [0.1, 0.15) is 23.2 Å². The third-order valence-electron chi connectivity index (χ3n) is 3.22. The van der Waals surface area contributed by atoms with Gasteiger partial charge in [-0.25, -0.2) is 9.36 Å². The lowest BCUT2D eigenvalue weighted by Gasteiger charge is -2.10. The number of phosphoric ester groups is 1. The topological polar surface area (TPSA) is 150 Å². The van der Waals surface area contributed by atoms with Crippen LogP contribution in [0.25, 0.3) is 0 Å². The molecule has 0 radical (unpaired) electrons. The molecule has 0 aromatic carbocycles. The summed E-state index contributed by atoms with van der Waals surface area (Å²) in [6, 6.07) is 0. The van der Waals surface area contributed by atoms with Gasteiger partial charge in [0.1, 0.15) is 5.75 Å². The number of phosphoric acid groups is 1. The number of aromatic nitrogens is 1. The number of allylic oxidation sites excluding steroid dienone is 2. The Morgan fingerprint density at radius 1 is 1.50 bits per heavy atom. The number of carbonyl (C=O) groups is 1. The maximum absolute atomic E-state index is 10.9. The van der Waals surface area contributed by atoms with Gasteiger partial charge in [0.05, 0.1) is 18.0 Å². The van der Waals surface area contributed by atoms with Crippen molar-refractivity contribution in [3.8, 4) is 5.75 Å². The van der Waals surface area contributed by atoms with Crippen molar-refractivity contribution in [3.63, 3.8) is 0 Å². The van der Waals surface area contributed by atoms with E-state index in [0.717, 1.165) is 0 Å². The second-order valence-electron chi connectivity index (χ2n) is 4.96. The van der Waals surface area contributed by atoms with Gasteiger partial charge in [-0.3, -0.25) is 14.5 Å². The lowest BCUT2D eigenvalue weighted by molar-refractivity contribution is -0.132. The van der Waals surface area contributed by atoms with Crippen LogP contribution < -0.4 is 0 Å². The number of aromatic hydroxyl groups is 1. The van der Waals surface area contributed by atoms with Crippen LogP contribution in [0.4, 0.5) is 0 Å². The molecule has 9 nitrogen and oxygen atoms in total. The van der Waals surface area contributed by atoms with Crippen LogP contribution in [0.2, 0.25) is 0 Å². The van der Waals surface area contributed by atoms with E-state index in [1.54, 1.807) is 13.0 Å². The number of pyridine rings is 1. The summed E-state index contributed by atoms with van der Waals surface area (Å²) in [5.74, 6) is -1.23. The van der Waals surface area contributed by atoms with Gasteiger partial charge in [-0.2, -0.15) is 0 Å². The highest BCUT2D eigenvalue weighted by Gasteiger charge is 2.18. The summed E-state index contributed by atoms with van der Waals surface area (Å²) < 4.78 is 15.2. The molecule has 1 aliphatic carbocycles. The van der Waals surface area contributed by atoms with Crippen LogP contribution in [0.3, 0.4) is 0 Å². The van der Waals surface area contributed by atoms with Gasteiger partial charge in [0, 0.05) is 29.1 Å². The molecule has 1 aromatic rings. The van der Waals surface area contributed by atoms with Crippen LogP contribution in [0.5, 0.6) is 5.75 Å². The van der Waals surface area contributed by atoms with Crippen molar-refractivity contribution in [3.05, 3.63) is 46.4 Å². The van der Waals surface area contributed by atoms with E-state index in [1.165, 1.54) is 18.5 Å². The van der Waals surface area contributed by atoms with E-state index in [4.69, 9.17) is 14.9 Å². The maximum atomic E-state index is 10.9. The molecule has 0 aliphatic heterocycles. The zero-order chi connectivity index (χ0) is 17.9. The van der Waals surface area contributed by atoms with E-state index >= 15 is 0 Å². The number of aryl methyl sites for hydroxylation is 1. The molecule has 0 atom stereocenters. The standard InChI is InChI=1S/C14H15N2O7P/c1-8-13(17)12(10(5-15-8)7-23-24(20,21)22)6-16-11-3-2-9(4-11)14(18)19/h3-6,17H,2,7H2,1H3,(H,18,19)(H2,20,21,22). The van der Waals surface area contributed by atoms with Gasteiger partial charge in [-0.05, 0) is 19.4 Å². The normalized spacial score (nSPS) is 14.8. The highest BCUT2D eigenvalue weighted by atomic mass is 31.2. The molecule has 4 N–H and O–H groups in total. The van der Waals surface area contributed by atoms with Crippen molar-refractivity contribution in [2.24, 2.45) is 4.99 Å². The predicted octanol–water partition coefficient (Wildman–Crippen LogP) is 1.42. The summed E-state index contributed by atoms with van der Waals surface area (Å²) in [6.07, 6.45) is 5.84. The molecule has 0 saturated carbocycles. The minimum absolute atomic E-state index is 0.189. The zero-order valence-electron chi connectivity index (χ0n) is 12.6. The Labute approximate surface area is 136 Å². The lowest BCUT2D eigenvalue weighted by Crippen LogP contribution is -2.00. The Morgan fingerprint density at radius 2 is 2.21 bits per heavy atom. The second kappa shape index (κ2) is 7.06. The van der Waals surface area contributed by atoms with Crippen LogP contribution in [0, 0.1) is 6.92 Å². The molecule has 0 unspecified atom stereocenters. The third-order valence-corrected chi connectivity index (χ3v) is 3.68. The van der Waals surface area contributed by atoms with Crippen molar-refractivity contribution in [1.29, 1.82) is 0 Å². The first kappa shape index (κ1) is 18.0. The van der Waals surface area contributed by atoms with Crippen LogP contribution in [-0.4, -0.2) is 37.2 Å². The van der Waals surface area contributed by atoms with Gasteiger partial charge in [-0.15, -0.1) is 0 Å². The van der Waals surface area contributed by atoms with Crippen molar-refractivity contribution in [2.75, 3.05) is 0 Å². The van der Waals surface area contributed by atoms with E-state index in [0.29, 0.717) is 11.4 Å². The Hall–Kier alpha value is -2.32. The van der Waals surface area contributed by atoms with Crippen molar-refractivity contribution in [1.82, 2.24) is 4.98 Å². The van der Waals surface area contributed by atoms with Gasteiger partial charge in [0.25, 0.3) is 0 Å². The SMILES string of the molecule is Cc1ncc(COP(=O)(O)O)c(C=NC2=CCC(C(=O)O)=C2)c1O. The molecule has 2 rings (SSSR count). The fraction of sp³-hybridized carbons (Fsp3) is 0.214. The average Bonchev–Trinajstić information content (AvgIpc) is 2.95. The number of carboxylic acids is 1. The fourth-order valence-corrected chi connectivity index (χ4v) is 2.26. The first-order valence-electron chi connectivity index (χ1n) is 6.73. The Balaban J connectivity index is 2.28. The number of hydrogen-bond donors (Lipinski definition) is 4. The quantitative estimate of drug-likeness (QED) is 0.442. The van der Waals surface area contributed by atoms with Gasteiger partial charge < -0.3 is 20.0 Å². The number of carboxylic acid groups (broad SMARTS) is 1. The highest BCUT2D eigenvalue weighted by Crippen LogP contribution is 2.37. The van der Waals surface area contributed by atoms with Crippen molar-refractivity contribution in [2.45, 2.75) is 20.0 Å². The Morgan fingerprint density at radius 3 is 2.79 bits per heavy atom. The van der Waals surface area contributed by atoms with Gasteiger partial charge >= 0.3 is 13.8 Å². The van der Waals surface area contributed by atoms with Gasteiger partial charge in [0.15, 0.2) is 0 Å². The number of aliphatic carboxylic acids is 1. The summed E-state index contributed by atoms with van der Waals surface area (Å²) in [7, 11) is -4.68. The predicted molar refractivity (Wildman–Crippen MR) is 83.5 cm³/mol. The summed E-state index contributed by atoms with van der Waals surface area (Å²) in [5.41, 5.74) is 1.32. The molecule has 0 bridgehead atoms. The summed E-state index contributed by atoms with van der Waals surface area (Å²) >= 11 is 0. The smallest absolute Gasteiger partial charge is 0.469 e. The minimum atomic E-state index is -4.68. The lowest BCUT2D eigenvalue weighted by atomic mass is 10.1. The highest BCUT2D eigenvalue weighted by molar-refractivity contribution is 7.46. The number of nitrogens with zero attached hydrogens (tertiary/aromatic N) is 2. The molecule has 0 spiro atoms. The molecule has 10 heteroatoms. The number of rotatable bonds is 6. The molecule has 1 aliphatic rings. The molecule has 0 amide bonds. The number of hydrogen-bond acceptors (Lipinski definition) is 6. The maximum Gasteiger partial charge on any atom is 0.469 e. The second-order valence-corrected chi connectivity index (χ2v) is 6.20. The zero-order valence-corrected chi connectivity index (χ0v) is 13.5. The van der Waals surface area contributed by atoms with E-state index in [9.17, 15) is 14.5 Å². The molecule has 128 valence electrons. The minimum Gasteiger partial charge on any atom is -0.505 e. The monoisotopic (exact) mass is 354 g/mol. The molecule has 1 aromatic heterocycles. The summed E-state index contributed by atoms with van der Waals surface area (Å²) in [4.78, 5) is 36.4. The van der Waals surface area contributed by atoms with Gasteiger partial charge in [-0.1, -0.05) is 6.08 Å². The van der Waals surface area contributed by atoms with E-state index in [2.05, 4.69) is 14.5 Å².